The van der Waals surface area contributed by atoms with Crippen molar-refractivity contribution in [3.63, 3.8) is 0 Å². The lowest BCUT2D eigenvalue weighted by atomic mass is 10.1. The topological polar surface area (TPSA) is 72.8 Å². The lowest BCUT2D eigenvalue weighted by Crippen LogP contribution is -2.08. The first-order chi connectivity index (χ1) is 8.35. The van der Waals surface area contributed by atoms with Crippen molar-refractivity contribution in [1.82, 2.24) is 0 Å². The highest BCUT2D eigenvalue weighted by Gasteiger charge is 2.13. The molecule has 0 amide bonds. The maximum Gasteiger partial charge on any atom is 0.147 e. The van der Waals surface area contributed by atoms with Crippen LogP contribution in [0, 0.1) is 0 Å². The van der Waals surface area contributed by atoms with Gasteiger partial charge in [-0.3, -0.25) is 0 Å². The molecule has 0 aliphatic carbocycles. The molecule has 0 bridgehead atoms. The first-order valence-corrected chi connectivity index (χ1v) is 7.50. The van der Waals surface area contributed by atoms with Crippen molar-refractivity contribution in [3.05, 3.63) is 23.8 Å². The fourth-order valence-corrected chi connectivity index (χ4v) is 2.17. The Kier molecular flexibility index (Phi) is 4.98. The summed E-state index contributed by atoms with van der Waals surface area (Å²) in [6.45, 7) is 0. The van der Waals surface area contributed by atoms with E-state index in [-0.39, 0.29) is 12.2 Å². The second kappa shape index (κ2) is 6.06. The molecule has 1 aromatic rings. The van der Waals surface area contributed by atoms with Crippen molar-refractivity contribution in [2.75, 3.05) is 26.2 Å². The Labute approximate surface area is 107 Å². The maximum absolute atomic E-state index is 11.1. The SMILES string of the molecule is COc1cc(OC)cc(C(O)CCS(C)(=O)=O)c1. The minimum atomic E-state index is -3.08. The summed E-state index contributed by atoms with van der Waals surface area (Å²) in [4.78, 5) is 0. The highest BCUT2D eigenvalue weighted by molar-refractivity contribution is 7.90. The van der Waals surface area contributed by atoms with E-state index in [1.165, 1.54) is 14.2 Å². The average Bonchev–Trinajstić information content (AvgIpc) is 2.34. The summed E-state index contributed by atoms with van der Waals surface area (Å²) in [7, 11) is -0.0504. The van der Waals surface area contributed by atoms with E-state index in [2.05, 4.69) is 0 Å². The molecule has 0 saturated carbocycles. The third-order valence-corrected chi connectivity index (χ3v) is 3.50. The van der Waals surface area contributed by atoms with Crippen LogP contribution in [0.15, 0.2) is 18.2 Å². The molecular formula is C12H18O5S. The van der Waals surface area contributed by atoms with Crippen molar-refractivity contribution in [2.24, 2.45) is 0 Å². The van der Waals surface area contributed by atoms with Gasteiger partial charge in [0.25, 0.3) is 0 Å². The van der Waals surface area contributed by atoms with E-state index in [0.29, 0.717) is 17.1 Å². The van der Waals surface area contributed by atoms with Crippen LogP contribution in [0.3, 0.4) is 0 Å². The molecule has 18 heavy (non-hydrogen) atoms. The van der Waals surface area contributed by atoms with Crippen molar-refractivity contribution in [1.29, 1.82) is 0 Å². The normalized spacial score (nSPS) is 13.1. The Hall–Kier alpha value is -1.27. The molecule has 1 N–H and O–H groups in total. The van der Waals surface area contributed by atoms with Gasteiger partial charge >= 0.3 is 0 Å². The molecule has 1 unspecified atom stereocenters. The van der Waals surface area contributed by atoms with E-state index >= 15 is 0 Å². The van der Waals surface area contributed by atoms with Gasteiger partial charge in [0, 0.05) is 12.3 Å². The van der Waals surface area contributed by atoms with Crippen LogP contribution in [0.5, 0.6) is 11.5 Å². The predicted octanol–water partition coefficient (Wildman–Crippen LogP) is 1.17. The van der Waals surface area contributed by atoms with Crippen LogP contribution in [-0.2, 0) is 9.84 Å². The number of rotatable bonds is 6. The number of hydrogen-bond donors (Lipinski definition) is 1. The molecular weight excluding hydrogens is 256 g/mol. The van der Waals surface area contributed by atoms with E-state index in [1.807, 2.05) is 0 Å². The highest BCUT2D eigenvalue weighted by atomic mass is 32.2. The fraction of sp³-hybridized carbons (Fsp3) is 0.500. The molecule has 1 rings (SSSR count). The van der Waals surface area contributed by atoms with E-state index in [0.717, 1.165) is 6.26 Å². The summed E-state index contributed by atoms with van der Waals surface area (Å²) in [5.41, 5.74) is 0.579. The summed E-state index contributed by atoms with van der Waals surface area (Å²) >= 11 is 0. The van der Waals surface area contributed by atoms with Crippen molar-refractivity contribution >= 4 is 9.84 Å². The third kappa shape index (κ3) is 4.54. The Morgan fingerprint density at radius 3 is 2.06 bits per heavy atom. The van der Waals surface area contributed by atoms with Gasteiger partial charge in [0.15, 0.2) is 0 Å². The summed E-state index contributed by atoms with van der Waals surface area (Å²) in [5, 5.41) is 9.95. The largest absolute Gasteiger partial charge is 0.497 e. The zero-order chi connectivity index (χ0) is 13.8. The molecule has 1 aromatic carbocycles. The lowest BCUT2D eigenvalue weighted by molar-refractivity contribution is 0.173. The first-order valence-electron chi connectivity index (χ1n) is 5.44. The van der Waals surface area contributed by atoms with Crippen LogP contribution in [0.4, 0.5) is 0 Å². The number of sulfone groups is 1. The van der Waals surface area contributed by atoms with E-state index in [1.54, 1.807) is 18.2 Å². The Balaban J connectivity index is 2.87. The zero-order valence-electron chi connectivity index (χ0n) is 10.7. The highest BCUT2D eigenvalue weighted by Crippen LogP contribution is 2.27. The van der Waals surface area contributed by atoms with E-state index < -0.39 is 15.9 Å². The minimum Gasteiger partial charge on any atom is -0.497 e. The second-order valence-electron chi connectivity index (χ2n) is 4.08. The monoisotopic (exact) mass is 274 g/mol. The number of benzene rings is 1. The second-order valence-corrected chi connectivity index (χ2v) is 6.34. The molecule has 5 nitrogen and oxygen atoms in total. The molecule has 0 heterocycles. The minimum absolute atomic E-state index is 0.0618. The molecule has 0 spiro atoms. The fourth-order valence-electron chi connectivity index (χ4n) is 1.51. The molecule has 0 fully saturated rings. The standard InChI is InChI=1S/C12H18O5S/c1-16-10-6-9(7-11(8-10)17-2)12(13)4-5-18(3,14)15/h6-8,12-13H,4-5H2,1-3H3. The summed E-state index contributed by atoms with van der Waals surface area (Å²) in [6, 6.07) is 5.01. The Morgan fingerprint density at radius 1 is 1.17 bits per heavy atom. The van der Waals surface area contributed by atoms with Gasteiger partial charge in [-0.05, 0) is 24.1 Å². The summed E-state index contributed by atoms with van der Waals surface area (Å²) in [5.74, 6) is 1.05. The van der Waals surface area contributed by atoms with Crippen molar-refractivity contribution in [3.8, 4) is 11.5 Å². The van der Waals surface area contributed by atoms with Crippen molar-refractivity contribution in [2.45, 2.75) is 12.5 Å². The number of methoxy groups -OCH3 is 2. The molecule has 1 atom stereocenters. The Bertz CT molecular complexity index is 473. The molecule has 0 aliphatic rings. The molecule has 6 heteroatoms. The third-order valence-electron chi connectivity index (χ3n) is 2.52. The van der Waals surface area contributed by atoms with Gasteiger partial charge in [0.2, 0.25) is 0 Å². The molecule has 0 saturated heterocycles. The van der Waals surface area contributed by atoms with Gasteiger partial charge in [0.1, 0.15) is 21.3 Å². The molecule has 0 aliphatic heterocycles. The van der Waals surface area contributed by atoms with E-state index in [4.69, 9.17) is 9.47 Å². The van der Waals surface area contributed by atoms with E-state index in [9.17, 15) is 13.5 Å². The number of aliphatic hydroxyl groups is 1. The van der Waals surface area contributed by atoms with Gasteiger partial charge in [-0.1, -0.05) is 0 Å². The number of hydrogen-bond acceptors (Lipinski definition) is 5. The van der Waals surface area contributed by atoms with Crippen LogP contribution in [-0.4, -0.2) is 39.8 Å². The Morgan fingerprint density at radius 2 is 1.67 bits per heavy atom. The van der Waals surface area contributed by atoms with Crippen LogP contribution in [0.2, 0.25) is 0 Å². The smallest absolute Gasteiger partial charge is 0.147 e. The predicted molar refractivity (Wildman–Crippen MR) is 68.8 cm³/mol. The summed E-state index contributed by atoms with van der Waals surface area (Å²) < 4.78 is 32.3. The van der Waals surface area contributed by atoms with Gasteiger partial charge in [-0.25, -0.2) is 8.42 Å². The summed E-state index contributed by atoms with van der Waals surface area (Å²) in [6.07, 6.45) is 0.435. The quantitative estimate of drug-likeness (QED) is 0.843. The maximum atomic E-state index is 11.1. The number of aliphatic hydroxyl groups excluding tert-OH is 1. The van der Waals surface area contributed by atoms with Gasteiger partial charge in [-0.2, -0.15) is 0 Å². The van der Waals surface area contributed by atoms with Crippen LogP contribution < -0.4 is 9.47 Å². The van der Waals surface area contributed by atoms with Gasteiger partial charge in [-0.15, -0.1) is 0 Å². The number of ether oxygens (including phenoxy) is 2. The van der Waals surface area contributed by atoms with Crippen LogP contribution in [0.1, 0.15) is 18.1 Å². The van der Waals surface area contributed by atoms with Crippen molar-refractivity contribution < 1.29 is 23.0 Å². The first kappa shape index (κ1) is 14.8. The average molecular weight is 274 g/mol. The van der Waals surface area contributed by atoms with Gasteiger partial charge in [0.05, 0.1) is 26.1 Å². The van der Waals surface area contributed by atoms with Crippen LogP contribution >= 0.6 is 0 Å². The molecule has 0 radical (unpaired) electrons. The zero-order valence-corrected chi connectivity index (χ0v) is 11.5. The molecule has 0 aromatic heterocycles. The van der Waals surface area contributed by atoms with Gasteiger partial charge < -0.3 is 14.6 Å². The van der Waals surface area contributed by atoms with Crippen LogP contribution in [0.25, 0.3) is 0 Å². The lowest BCUT2D eigenvalue weighted by Gasteiger charge is -2.13. The molecule has 102 valence electrons.